The predicted octanol–water partition coefficient (Wildman–Crippen LogP) is 3.06. The average Bonchev–Trinajstić information content (AvgIpc) is 2.58. The summed E-state index contributed by atoms with van der Waals surface area (Å²) in [6.45, 7) is -0.121. The molecule has 0 aliphatic carbocycles. The molecule has 0 bridgehead atoms. The van der Waals surface area contributed by atoms with E-state index in [-0.39, 0.29) is 12.1 Å². The molecule has 2 aromatic carbocycles. The molecule has 0 saturated heterocycles. The number of alkyl halides is 3. The number of ether oxygens (including phenoxy) is 1. The molecule has 2 N–H and O–H groups in total. The molecule has 0 aromatic heterocycles. The van der Waals surface area contributed by atoms with E-state index in [0.29, 0.717) is 11.3 Å². The zero-order valence-corrected chi connectivity index (χ0v) is 12.8. The van der Waals surface area contributed by atoms with Gasteiger partial charge in [-0.05, 0) is 35.4 Å². The first kappa shape index (κ1) is 17.8. The van der Waals surface area contributed by atoms with Crippen LogP contribution in [0.1, 0.15) is 22.8 Å². The third kappa shape index (κ3) is 4.48. The molecule has 0 heterocycles. The molecular weight excluding hydrogens is 323 g/mol. The fraction of sp³-hybridized carbons (Fsp3) is 0.235. The average molecular weight is 339 g/mol. The first-order chi connectivity index (χ1) is 11.3. The van der Waals surface area contributed by atoms with Crippen LogP contribution in [0.25, 0.3) is 0 Å². The van der Waals surface area contributed by atoms with Crippen LogP contribution in [-0.4, -0.2) is 18.1 Å². The van der Waals surface area contributed by atoms with E-state index in [0.717, 1.165) is 12.1 Å². The second-order valence-electron chi connectivity index (χ2n) is 5.10. The number of benzene rings is 2. The van der Waals surface area contributed by atoms with E-state index in [1.165, 1.54) is 25.3 Å². The molecule has 4 nitrogen and oxygen atoms in total. The van der Waals surface area contributed by atoms with Gasteiger partial charge in [0.2, 0.25) is 0 Å². The van der Waals surface area contributed by atoms with Gasteiger partial charge in [-0.3, -0.25) is 4.79 Å². The Kier molecular flexibility index (Phi) is 5.46. The van der Waals surface area contributed by atoms with Crippen molar-refractivity contribution >= 4 is 5.91 Å². The van der Waals surface area contributed by atoms with E-state index < -0.39 is 23.8 Å². The molecule has 2 rings (SSSR count). The lowest BCUT2D eigenvalue weighted by molar-refractivity contribution is -0.137. The zero-order valence-electron chi connectivity index (χ0n) is 12.8. The lowest BCUT2D eigenvalue weighted by atomic mass is 10.1. The van der Waals surface area contributed by atoms with Crippen LogP contribution in [0.2, 0.25) is 0 Å². The fourth-order valence-electron chi connectivity index (χ4n) is 2.11. The van der Waals surface area contributed by atoms with Crippen molar-refractivity contribution in [2.45, 2.75) is 18.8 Å². The van der Waals surface area contributed by atoms with Gasteiger partial charge in [0, 0.05) is 6.54 Å². The number of halogens is 3. The molecule has 128 valence electrons. The molecule has 0 spiro atoms. The summed E-state index contributed by atoms with van der Waals surface area (Å²) in [5.74, 6) is -0.224. The molecule has 24 heavy (non-hydrogen) atoms. The summed E-state index contributed by atoms with van der Waals surface area (Å²) in [5, 5.41) is 12.4. The Balaban J connectivity index is 2.02. The third-order valence-corrected chi connectivity index (χ3v) is 3.38. The highest BCUT2D eigenvalue weighted by atomic mass is 19.4. The van der Waals surface area contributed by atoms with Gasteiger partial charge >= 0.3 is 6.18 Å². The summed E-state index contributed by atoms with van der Waals surface area (Å²) < 4.78 is 43.0. The lowest BCUT2D eigenvalue weighted by Gasteiger charge is -2.13. The van der Waals surface area contributed by atoms with Crippen LogP contribution >= 0.6 is 0 Å². The molecule has 1 unspecified atom stereocenters. The van der Waals surface area contributed by atoms with Crippen molar-refractivity contribution in [1.82, 2.24) is 5.32 Å². The van der Waals surface area contributed by atoms with Crippen LogP contribution in [0.3, 0.4) is 0 Å². The highest BCUT2D eigenvalue weighted by Gasteiger charge is 2.30. The quantitative estimate of drug-likeness (QED) is 0.880. The maximum absolute atomic E-state index is 12.6. The Morgan fingerprint density at radius 3 is 2.58 bits per heavy atom. The summed E-state index contributed by atoms with van der Waals surface area (Å²) in [6.07, 6.45) is -5.88. The van der Waals surface area contributed by atoms with Crippen LogP contribution in [0.5, 0.6) is 5.75 Å². The number of carbonyl (C=O) groups is 1. The number of hydrogen-bond donors (Lipinski definition) is 2. The van der Waals surface area contributed by atoms with Gasteiger partial charge in [0.25, 0.3) is 5.91 Å². The Bertz CT molecular complexity index is 716. The van der Waals surface area contributed by atoms with Crippen molar-refractivity contribution < 1.29 is 27.8 Å². The maximum Gasteiger partial charge on any atom is 0.416 e. The number of nitrogens with one attached hydrogen (secondary N) is 1. The summed E-state index contributed by atoms with van der Waals surface area (Å²) in [6, 6.07) is 11.0. The van der Waals surface area contributed by atoms with Crippen molar-refractivity contribution in [2.24, 2.45) is 0 Å². The summed E-state index contributed by atoms with van der Waals surface area (Å²) in [5.41, 5.74) is -0.172. The monoisotopic (exact) mass is 339 g/mol. The van der Waals surface area contributed by atoms with Gasteiger partial charge in [0.15, 0.2) is 6.10 Å². The van der Waals surface area contributed by atoms with Gasteiger partial charge in [-0.15, -0.1) is 0 Å². The van der Waals surface area contributed by atoms with Crippen molar-refractivity contribution in [3.8, 4) is 5.75 Å². The summed E-state index contributed by atoms with van der Waals surface area (Å²) in [7, 11) is 1.46. The number of hydrogen-bond acceptors (Lipinski definition) is 3. The molecular formula is C17H16F3NO3. The fourth-order valence-corrected chi connectivity index (χ4v) is 2.11. The van der Waals surface area contributed by atoms with Crippen LogP contribution in [-0.2, 0) is 17.5 Å². The zero-order chi connectivity index (χ0) is 17.7. The number of amides is 1. The number of methoxy groups -OCH3 is 1. The Labute approximate surface area is 136 Å². The Morgan fingerprint density at radius 1 is 1.21 bits per heavy atom. The first-order valence-corrected chi connectivity index (χ1v) is 7.07. The van der Waals surface area contributed by atoms with Crippen LogP contribution < -0.4 is 10.1 Å². The van der Waals surface area contributed by atoms with Crippen molar-refractivity contribution in [3.63, 3.8) is 0 Å². The van der Waals surface area contributed by atoms with Gasteiger partial charge in [-0.1, -0.05) is 24.3 Å². The molecule has 0 radical (unpaired) electrons. The minimum Gasteiger partial charge on any atom is -0.497 e. The minimum absolute atomic E-state index is 0.121. The van der Waals surface area contributed by atoms with E-state index in [1.54, 1.807) is 18.2 Å². The number of aliphatic hydroxyl groups excluding tert-OH is 1. The Morgan fingerprint density at radius 2 is 1.92 bits per heavy atom. The molecule has 7 heteroatoms. The summed E-state index contributed by atoms with van der Waals surface area (Å²) >= 11 is 0. The highest BCUT2D eigenvalue weighted by molar-refractivity contribution is 5.82. The standard InChI is InChI=1S/C17H16F3NO3/c1-24-14-7-3-5-12(9-14)15(22)16(23)21-10-11-4-2-6-13(8-11)17(18,19)20/h2-9,15,22H,10H2,1H3,(H,21,23). The maximum atomic E-state index is 12.6. The predicted molar refractivity (Wildman–Crippen MR) is 81.2 cm³/mol. The van der Waals surface area contributed by atoms with E-state index in [1.807, 2.05) is 0 Å². The van der Waals surface area contributed by atoms with Gasteiger partial charge in [-0.25, -0.2) is 0 Å². The smallest absolute Gasteiger partial charge is 0.416 e. The van der Waals surface area contributed by atoms with Gasteiger partial charge in [-0.2, -0.15) is 13.2 Å². The SMILES string of the molecule is COc1cccc(C(O)C(=O)NCc2cccc(C(F)(F)F)c2)c1. The molecule has 0 saturated carbocycles. The van der Waals surface area contributed by atoms with Gasteiger partial charge < -0.3 is 15.2 Å². The Hall–Kier alpha value is -2.54. The highest BCUT2D eigenvalue weighted by Crippen LogP contribution is 2.29. The topological polar surface area (TPSA) is 58.6 Å². The molecule has 1 amide bonds. The lowest BCUT2D eigenvalue weighted by Crippen LogP contribution is -2.29. The van der Waals surface area contributed by atoms with Crippen molar-refractivity contribution in [2.75, 3.05) is 7.11 Å². The minimum atomic E-state index is -4.44. The van der Waals surface area contributed by atoms with E-state index in [2.05, 4.69) is 5.32 Å². The normalized spacial score (nSPS) is 12.5. The van der Waals surface area contributed by atoms with Crippen molar-refractivity contribution in [3.05, 3.63) is 65.2 Å². The molecule has 0 aliphatic heterocycles. The largest absolute Gasteiger partial charge is 0.497 e. The molecule has 1 atom stereocenters. The number of rotatable bonds is 5. The van der Waals surface area contributed by atoms with E-state index in [9.17, 15) is 23.1 Å². The van der Waals surface area contributed by atoms with Crippen LogP contribution in [0.15, 0.2) is 48.5 Å². The number of aliphatic hydroxyl groups is 1. The first-order valence-electron chi connectivity index (χ1n) is 7.07. The van der Waals surface area contributed by atoms with Gasteiger partial charge in [0.1, 0.15) is 5.75 Å². The van der Waals surface area contributed by atoms with Crippen LogP contribution in [0, 0.1) is 0 Å². The van der Waals surface area contributed by atoms with E-state index >= 15 is 0 Å². The molecule has 0 fully saturated rings. The van der Waals surface area contributed by atoms with Crippen LogP contribution in [0.4, 0.5) is 13.2 Å². The third-order valence-electron chi connectivity index (χ3n) is 3.38. The summed E-state index contributed by atoms with van der Waals surface area (Å²) in [4.78, 5) is 12.0. The van der Waals surface area contributed by atoms with Gasteiger partial charge in [0.05, 0.1) is 12.7 Å². The molecule has 2 aromatic rings. The second kappa shape index (κ2) is 7.35. The second-order valence-corrected chi connectivity index (χ2v) is 5.10. The number of carbonyl (C=O) groups excluding carboxylic acids is 1. The molecule has 0 aliphatic rings. The van der Waals surface area contributed by atoms with Crippen molar-refractivity contribution in [1.29, 1.82) is 0 Å². The van der Waals surface area contributed by atoms with E-state index in [4.69, 9.17) is 4.74 Å².